The van der Waals surface area contributed by atoms with Gasteiger partial charge in [-0.15, -0.1) is 0 Å². The van der Waals surface area contributed by atoms with Gasteiger partial charge in [0.15, 0.2) is 17.7 Å². The highest BCUT2D eigenvalue weighted by Gasteiger charge is 2.32. The third kappa shape index (κ3) is 8.78. The van der Waals surface area contributed by atoms with Gasteiger partial charge in [0.25, 0.3) is 0 Å². The van der Waals surface area contributed by atoms with Crippen LogP contribution < -0.4 is 30.3 Å². The molecule has 240 valence electrons. The maximum absolute atomic E-state index is 12.4. The highest BCUT2D eigenvalue weighted by atomic mass is 79.9. The number of hydrazone groups is 1. The monoisotopic (exact) mass is 755 g/mol. The van der Waals surface area contributed by atoms with Crippen molar-refractivity contribution < 1.29 is 33.6 Å². The Kier molecular flexibility index (Phi) is 12.0. The van der Waals surface area contributed by atoms with E-state index in [0.29, 0.717) is 56.2 Å². The van der Waals surface area contributed by atoms with Gasteiger partial charge in [0.1, 0.15) is 19.0 Å². The number of hydrogen-bond donors (Lipinski definition) is 4. The predicted octanol–water partition coefficient (Wildman–Crippen LogP) is 5.18. The van der Waals surface area contributed by atoms with Gasteiger partial charge in [0.2, 0.25) is 0 Å². The molecule has 12 nitrogen and oxygen atoms in total. The van der Waals surface area contributed by atoms with Crippen LogP contribution in [0.15, 0.2) is 79.9 Å². The van der Waals surface area contributed by atoms with Gasteiger partial charge in [-0.2, -0.15) is 10.4 Å². The van der Waals surface area contributed by atoms with Crippen LogP contribution in [0, 0.1) is 11.3 Å². The highest BCUT2D eigenvalue weighted by molar-refractivity contribution is 9.11. The van der Waals surface area contributed by atoms with E-state index in [1.165, 1.54) is 13.3 Å². The molecule has 0 unspecified atom stereocenters. The fourth-order valence-electron chi connectivity index (χ4n) is 4.44. The molecule has 0 bridgehead atoms. The van der Waals surface area contributed by atoms with Crippen molar-refractivity contribution in [2.24, 2.45) is 5.10 Å². The third-order valence-electron chi connectivity index (χ3n) is 6.60. The molecule has 1 aliphatic heterocycles. The first kappa shape index (κ1) is 34.3. The molecule has 0 saturated heterocycles. The summed E-state index contributed by atoms with van der Waals surface area (Å²) >= 11 is 7.05. The van der Waals surface area contributed by atoms with E-state index in [4.69, 9.17) is 24.2 Å². The molecule has 2 amide bonds. The maximum Gasteiger partial charge on any atom is 0.337 e. The summed E-state index contributed by atoms with van der Waals surface area (Å²) in [5, 5.41) is 28.9. The zero-order chi connectivity index (χ0) is 33.2. The number of urea groups is 1. The number of esters is 1. The van der Waals surface area contributed by atoms with Crippen LogP contribution in [0.1, 0.15) is 42.1 Å². The first-order chi connectivity index (χ1) is 22.1. The van der Waals surface area contributed by atoms with Crippen molar-refractivity contribution >= 4 is 50.1 Å². The topological polar surface area (TPSA) is 164 Å². The number of carbonyl (C=O) groups excluding carboxylic acids is 2. The minimum atomic E-state index is -1.16. The second kappa shape index (κ2) is 16.1. The Morgan fingerprint density at radius 2 is 1.83 bits per heavy atom. The summed E-state index contributed by atoms with van der Waals surface area (Å²) in [6.07, 6.45) is 0.373. The van der Waals surface area contributed by atoms with Gasteiger partial charge in [0, 0.05) is 5.70 Å². The fraction of sp³-hybridized carbons (Fsp3) is 0.250. The Morgan fingerprint density at radius 1 is 1.11 bits per heavy atom. The van der Waals surface area contributed by atoms with E-state index in [9.17, 15) is 14.7 Å². The molecule has 1 aliphatic rings. The van der Waals surface area contributed by atoms with E-state index in [2.05, 4.69) is 59.1 Å². The van der Waals surface area contributed by atoms with Gasteiger partial charge in [-0.05, 0) is 98.8 Å². The van der Waals surface area contributed by atoms with Crippen LogP contribution in [-0.4, -0.2) is 49.9 Å². The zero-order valence-corrected chi connectivity index (χ0v) is 28.3. The maximum atomic E-state index is 12.4. The number of aliphatic hydroxyl groups excluding tert-OH is 1. The summed E-state index contributed by atoms with van der Waals surface area (Å²) in [5.41, 5.74) is 6.08. The lowest BCUT2D eigenvalue weighted by Gasteiger charge is -2.28. The highest BCUT2D eigenvalue weighted by Crippen LogP contribution is 2.36. The molecule has 3 aromatic carbocycles. The smallest absolute Gasteiger partial charge is 0.337 e. The molecule has 46 heavy (non-hydrogen) atoms. The molecule has 2 atom stereocenters. The van der Waals surface area contributed by atoms with Gasteiger partial charge < -0.3 is 34.7 Å². The van der Waals surface area contributed by atoms with Crippen molar-refractivity contribution in [1.29, 1.82) is 5.26 Å². The first-order valence-corrected chi connectivity index (χ1v) is 15.6. The number of methoxy groups -OCH3 is 1. The Balaban J connectivity index is 1.36. The standard InChI is InChI=1S/C32H31Br2N5O7/c1-4-44-26-13-22(29-28(31(41)43-3)18(2)37-32(42)38-29)9-10-25(26)45-17-27(40)39-36-15-21-11-23(33)30(24(34)12-21)46-16-20-7-5-19(14-35)6-8-20/h5-13,15,27,29,39-40H,4,16-17H2,1-3H3,(H2,37,38,42)/b36-15+/t27-,29+/m0/s1. The van der Waals surface area contributed by atoms with E-state index >= 15 is 0 Å². The van der Waals surface area contributed by atoms with Gasteiger partial charge in [-0.1, -0.05) is 18.2 Å². The van der Waals surface area contributed by atoms with Gasteiger partial charge >= 0.3 is 12.0 Å². The molecule has 0 aromatic heterocycles. The molecule has 4 N–H and O–H groups in total. The molecule has 0 spiro atoms. The lowest BCUT2D eigenvalue weighted by molar-refractivity contribution is -0.136. The molecular weight excluding hydrogens is 726 g/mol. The number of ether oxygens (including phenoxy) is 4. The Morgan fingerprint density at radius 3 is 2.48 bits per heavy atom. The molecule has 0 aliphatic carbocycles. The van der Waals surface area contributed by atoms with E-state index < -0.39 is 24.3 Å². The van der Waals surface area contributed by atoms with Gasteiger partial charge in [0.05, 0.1) is 52.1 Å². The molecule has 14 heteroatoms. The summed E-state index contributed by atoms with van der Waals surface area (Å²) in [7, 11) is 1.27. The van der Waals surface area contributed by atoms with Crippen molar-refractivity contribution in [1.82, 2.24) is 16.1 Å². The lowest BCUT2D eigenvalue weighted by atomic mass is 9.95. The van der Waals surface area contributed by atoms with Crippen LogP contribution >= 0.6 is 31.9 Å². The third-order valence-corrected chi connectivity index (χ3v) is 7.77. The van der Waals surface area contributed by atoms with Crippen LogP contribution in [0.3, 0.4) is 0 Å². The molecule has 0 saturated carbocycles. The Hall–Kier alpha value is -4.58. The SMILES string of the molecule is CCOc1cc([C@H]2NC(=O)NC(C)=C2C(=O)OC)ccc1OC[C@H](O)N/N=C/c1cc(Br)c(OCc2ccc(C#N)cc2)c(Br)c1. The van der Waals surface area contributed by atoms with Crippen LogP contribution in [0.5, 0.6) is 17.2 Å². The largest absolute Gasteiger partial charge is 0.490 e. The molecule has 1 heterocycles. The minimum Gasteiger partial charge on any atom is -0.490 e. The summed E-state index contributed by atoms with van der Waals surface area (Å²) < 4.78 is 23.8. The summed E-state index contributed by atoms with van der Waals surface area (Å²) in [6, 6.07) is 16.6. The number of benzene rings is 3. The number of nitrogens with one attached hydrogen (secondary N) is 3. The number of allylic oxidation sites excluding steroid dienone is 1. The van der Waals surface area contributed by atoms with Crippen molar-refractivity contribution in [3.05, 3.63) is 97.1 Å². The molecular formula is C32H31Br2N5O7. The number of nitriles is 1. The van der Waals surface area contributed by atoms with Crippen molar-refractivity contribution in [3.63, 3.8) is 0 Å². The van der Waals surface area contributed by atoms with Crippen LogP contribution in [0.2, 0.25) is 0 Å². The lowest BCUT2D eigenvalue weighted by Crippen LogP contribution is -2.45. The number of halogens is 2. The summed E-state index contributed by atoms with van der Waals surface area (Å²) in [5.74, 6) is 0.739. The number of carbonyl (C=O) groups is 2. The average molecular weight is 757 g/mol. The van der Waals surface area contributed by atoms with Crippen molar-refractivity contribution in [3.8, 4) is 23.3 Å². The summed E-state index contributed by atoms with van der Waals surface area (Å²) in [4.78, 5) is 24.6. The van der Waals surface area contributed by atoms with Crippen molar-refractivity contribution in [2.75, 3.05) is 20.3 Å². The second-order valence-electron chi connectivity index (χ2n) is 9.83. The van der Waals surface area contributed by atoms with Gasteiger partial charge in [-0.3, -0.25) is 5.43 Å². The van der Waals surface area contributed by atoms with Crippen LogP contribution in [0.25, 0.3) is 0 Å². The van der Waals surface area contributed by atoms with Crippen molar-refractivity contribution in [2.45, 2.75) is 32.7 Å². The second-order valence-corrected chi connectivity index (χ2v) is 11.5. The number of aliphatic hydroxyl groups is 1. The number of amides is 2. The molecule has 0 fully saturated rings. The van der Waals surface area contributed by atoms with E-state index in [0.717, 1.165) is 11.1 Å². The van der Waals surface area contributed by atoms with Crippen LogP contribution in [-0.2, 0) is 16.1 Å². The first-order valence-electron chi connectivity index (χ1n) is 14.0. The van der Waals surface area contributed by atoms with E-state index in [1.54, 1.807) is 37.3 Å². The predicted molar refractivity (Wildman–Crippen MR) is 176 cm³/mol. The Labute approximate surface area is 282 Å². The number of rotatable bonds is 13. The number of hydrogen-bond acceptors (Lipinski definition) is 10. The quantitative estimate of drug-likeness (QED) is 0.0797. The zero-order valence-electron chi connectivity index (χ0n) is 25.1. The molecule has 4 rings (SSSR count). The van der Waals surface area contributed by atoms with E-state index in [-0.39, 0.29) is 12.2 Å². The normalized spacial score (nSPS) is 15.0. The Bertz CT molecular complexity index is 1670. The summed E-state index contributed by atoms with van der Waals surface area (Å²) in [6.45, 7) is 3.91. The van der Waals surface area contributed by atoms with Crippen LogP contribution in [0.4, 0.5) is 4.79 Å². The van der Waals surface area contributed by atoms with Gasteiger partial charge in [-0.25, -0.2) is 9.59 Å². The van der Waals surface area contributed by atoms with E-state index in [1.807, 2.05) is 31.2 Å². The minimum absolute atomic E-state index is 0.164. The number of nitrogens with zero attached hydrogens (tertiary/aromatic N) is 2. The molecule has 0 radical (unpaired) electrons. The fourth-order valence-corrected chi connectivity index (χ4v) is 5.89. The molecule has 3 aromatic rings. The average Bonchev–Trinajstić information content (AvgIpc) is 3.03.